The van der Waals surface area contributed by atoms with Crippen LogP contribution in [0.2, 0.25) is 0 Å². The molecule has 2 rings (SSSR count). The molecule has 1 saturated heterocycles. The van der Waals surface area contributed by atoms with Crippen molar-refractivity contribution >= 4 is 11.8 Å². The molecule has 1 heterocycles. The summed E-state index contributed by atoms with van der Waals surface area (Å²) in [5, 5.41) is 12.3. The molecule has 0 bridgehead atoms. The van der Waals surface area contributed by atoms with Gasteiger partial charge in [-0.3, -0.25) is 9.59 Å². The number of nitrogens with zero attached hydrogens (tertiary/aromatic N) is 1. The molecule has 0 radical (unpaired) electrons. The quantitative estimate of drug-likeness (QED) is 0.782. The van der Waals surface area contributed by atoms with Gasteiger partial charge < -0.3 is 20.1 Å². The number of likely N-dealkylation sites (tertiary alicyclic amines) is 1. The van der Waals surface area contributed by atoms with Crippen LogP contribution in [0.25, 0.3) is 0 Å². The molecular formula is C15H26N2O4. The Hall–Kier alpha value is -1.14. The standard InChI is InChI=1S/C15H26N2O4/c1-16-14(20)15(10-21-2)8-3-9-17(15)13(19)11-4-6-12(18)7-5-11/h11-12,18H,3-10H2,1-2H3,(H,16,20). The number of aliphatic hydroxyl groups excluding tert-OH is 1. The maximum Gasteiger partial charge on any atom is 0.248 e. The number of hydrogen-bond donors (Lipinski definition) is 2. The summed E-state index contributed by atoms with van der Waals surface area (Å²) in [4.78, 5) is 26.9. The number of aliphatic hydroxyl groups is 1. The monoisotopic (exact) mass is 298 g/mol. The van der Waals surface area contributed by atoms with Gasteiger partial charge in [-0.05, 0) is 38.5 Å². The molecule has 0 aromatic carbocycles. The SMILES string of the molecule is CNC(=O)C1(COC)CCCN1C(=O)C1CCC(O)CC1. The zero-order chi connectivity index (χ0) is 15.5. The third-order valence-corrected chi connectivity index (χ3v) is 4.83. The lowest BCUT2D eigenvalue weighted by Gasteiger charge is -2.39. The van der Waals surface area contributed by atoms with Gasteiger partial charge in [0.2, 0.25) is 11.8 Å². The van der Waals surface area contributed by atoms with Crippen molar-refractivity contribution in [1.82, 2.24) is 10.2 Å². The first-order valence-corrected chi connectivity index (χ1v) is 7.76. The maximum atomic E-state index is 12.8. The number of hydrogen-bond acceptors (Lipinski definition) is 4. The van der Waals surface area contributed by atoms with Crippen LogP contribution >= 0.6 is 0 Å². The van der Waals surface area contributed by atoms with Crippen LogP contribution in [0.5, 0.6) is 0 Å². The highest BCUT2D eigenvalue weighted by Gasteiger charge is 2.50. The van der Waals surface area contributed by atoms with Crippen LogP contribution in [-0.2, 0) is 14.3 Å². The van der Waals surface area contributed by atoms with E-state index in [-0.39, 0.29) is 30.4 Å². The van der Waals surface area contributed by atoms with Gasteiger partial charge in [0, 0.05) is 26.6 Å². The second-order valence-electron chi connectivity index (χ2n) is 6.14. The summed E-state index contributed by atoms with van der Waals surface area (Å²) in [6.07, 6.45) is 3.92. The van der Waals surface area contributed by atoms with Gasteiger partial charge in [0.15, 0.2) is 0 Å². The first-order valence-electron chi connectivity index (χ1n) is 7.76. The van der Waals surface area contributed by atoms with Crippen LogP contribution in [0.15, 0.2) is 0 Å². The molecule has 1 atom stereocenters. The van der Waals surface area contributed by atoms with Crippen molar-refractivity contribution in [3.8, 4) is 0 Å². The van der Waals surface area contributed by atoms with E-state index in [0.717, 1.165) is 6.42 Å². The molecule has 21 heavy (non-hydrogen) atoms. The molecule has 1 aliphatic carbocycles. The van der Waals surface area contributed by atoms with Crippen molar-refractivity contribution in [3.63, 3.8) is 0 Å². The molecule has 2 N–H and O–H groups in total. The number of amides is 2. The zero-order valence-electron chi connectivity index (χ0n) is 12.9. The van der Waals surface area contributed by atoms with Crippen LogP contribution in [0.1, 0.15) is 38.5 Å². The Morgan fingerprint density at radius 3 is 2.57 bits per heavy atom. The van der Waals surface area contributed by atoms with Crippen molar-refractivity contribution in [2.45, 2.75) is 50.2 Å². The number of ether oxygens (including phenoxy) is 1. The summed E-state index contributed by atoms with van der Waals surface area (Å²) in [7, 11) is 3.15. The van der Waals surface area contributed by atoms with Gasteiger partial charge >= 0.3 is 0 Å². The van der Waals surface area contributed by atoms with E-state index in [4.69, 9.17) is 4.74 Å². The van der Waals surface area contributed by atoms with Crippen LogP contribution in [-0.4, -0.2) is 60.8 Å². The van der Waals surface area contributed by atoms with E-state index in [1.54, 1.807) is 19.1 Å². The lowest BCUT2D eigenvalue weighted by Crippen LogP contribution is -2.60. The molecule has 6 nitrogen and oxygen atoms in total. The Morgan fingerprint density at radius 2 is 2.00 bits per heavy atom. The average molecular weight is 298 g/mol. The van der Waals surface area contributed by atoms with E-state index in [1.807, 2.05) is 0 Å². The molecule has 6 heteroatoms. The van der Waals surface area contributed by atoms with Crippen molar-refractivity contribution in [2.75, 3.05) is 27.3 Å². The minimum atomic E-state index is -0.864. The van der Waals surface area contributed by atoms with E-state index in [2.05, 4.69) is 5.32 Å². The Kier molecular flexibility index (Phi) is 5.22. The summed E-state index contributed by atoms with van der Waals surface area (Å²) in [5.74, 6) is -0.182. The van der Waals surface area contributed by atoms with E-state index in [9.17, 15) is 14.7 Å². The second kappa shape index (κ2) is 6.75. The van der Waals surface area contributed by atoms with Gasteiger partial charge in [-0.2, -0.15) is 0 Å². The fourth-order valence-corrected chi connectivity index (χ4v) is 3.67. The third-order valence-electron chi connectivity index (χ3n) is 4.83. The average Bonchev–Trinajstić information content (AvgIpc) is 2.91. The van der Waals surface area contributed by atoms with Crippen LogP contribution in [0.4, 0.5) is 0 Å². The van der Waals surface area contributed by atoms with E-state index < -0.39 is 5.54 Å². The smallest absolute Gasteiger partial charge is 0.248 e. The number of rotatable bonds is 4. The Balaban J connectivity index is 2.15. The molecule has 0 aromatic heterocycles. The molecule has 1 unspecified atom stereocenters. The first kappa shape index (κ1) is 16.2. The van der Waals surface area contributed by atoms with Crippen molar-refractivity contribution < 1.29 is 19.4 Å². The van der Waals surface area contributed by atoms with Crippen molar-refractivity contribution in [3.05, 3.63) is 0 Å². The molecule has 1 aliphatic heterocycles. The number of carbonyl (C=O) groups is 2. The molecule has 120 valence electrons. The van der Waals surface area contributed by atoms with Crippen LogP contribution < -0.4 is 5.32 Å². The second-order valence-corrected chi connectivity index (χ2v) is 6.14. The molecular weight excluding hydrogens is 272 g/mol. The lowest BCUT2D eigenvalue weighted by atomic mass is 9.85. The zero-order valence-corrected chi connectivity index (χ0v) is 12.9. The Labute approximate surface area is 125 Å². The Morgan fingerprint density at radius 1 is 1.33 bits per heavy atom. The summed E-state index contributed by atoms with van der Waals surface area (Å²) >= 11 is 0. The number of nitrogens with one attached hydrogen (secondary N) is 1. The minimum absolute atomic E-state index is 0.0417. The molecule has 0 spiro atoms. The van der Waals surface area contributed by atoms with Gasteiger partial charge in [-0.25, -0.2) is 0 Å². The van der Waals surface area contributed by atoms with Gasteiger partial charge in [0.1, 0.15) is 5.54 Å². The summed E-state index contributed by atoms with van der Waals surface area (Å²) in [6.45, 7) is 0.836. The molecule has 0 aromatic rings. The lowest BCUT2D eigenvalue weighted by molar-refractivity contribution is -0.152. The topological polar surface area (TPSA) is 78.9 Å². The molecule has 2 amide bonds. The first-order chi connectivity index (χ1) is 10.0. The highest BCUT2D eigenvalue weighted by Crippen LogP contribution is 2.34. The van der Waals surface area contributed by atoms with Gasteiger partial charge in [0.05, 0.1) is 12.7 Å². The Bertz CT molecular complexity index is 393. The summed E-state index contributed by atoms with van der Waals surface area (Å²) < 4.78 is 5.24. The number of carbonyl (C=O) groups excluding carboxylic acids is 2. The maximum absolute atomic E-state index is 12.8. The highest BCUT2D eigenvalue weighted by atomic mass is 16.5. The molecule has 1 saturated carbocycles. The number of methoxy groups -OCH3 is 1. The van der Waals surface area contributed by atoms with E-state index in [1.165, 1.54) is 0 Å². The van der Waals surface area contributed by atoms with Crippen molar-refractivity contribution in [1.29, 1.82) is 0 Å². The van der Waals surface area contributed by atoms with Crippen LogP contribution in [0, 0.1) is 5.92 Å². The van der Waals surface area contributed by atoms with E-state index in [0.29, 0.717) is 38.6 Å². The fraction of sp³-hybridized carbons (Fsp3) is 0.867. The predicted molar refractivity (Wildman–Crippen MR) is 77.6 cm³/mol. The normalized spacial score (nSPS) is 33.0. The van der Waals surface area contributed by atoms with Crippen LogP contribution in [0.3, 0.4) is 0 Å². The predicted octanol–water partition coefficient (Wildman–Crippen LogP) is 0.291. The van der Waals surface area contributed by atoms with Crippen molar-refractivity contribution in [2.24, 2.45) is 5.92 Å². The molecule has 2 fully saturated rings. The van der Waals surface area contributed by atoms with Gasteiger partial charge in [-0.15, -0.1) is 0 Å². The largest absolute Gasteiger partial charge is 0.393 e. The highest BCUT2D eigenvalue weighted by molar-refractivity contribution is 5.92. The summed E-state index contributed by atoms with van der Waals surface area (Å²) in [6, 6.07) is 0. The van der Waals surface area contributed by atoms with E-state index >= 15 is 0 Å². The fourth-order valence-electron chi connectivity index (χ4n) is 3.67. The third kappa shape index (κ3) is 3.06. The van der Waals surface area contributed by atoms with Gasteiger partial charge in [0.25, 0.3) is 0 Å². The molecule has 2 aliphatic rings. The minimum Gasteiger partial charge on any atom is -0.393 e. The van der Waals surface area contributed by atoms with Gasteiger partial charge in [-0.1, -0.05) is 0 Å². The summed E-state index contributed by atoms with van der Waals surface area (Å²) in [5.41, 5.74) is -0.864. The number of likely N-dealkylation sites (N-methyl/N-ethyl adjacent to an activating group) is 1.